The molecule has 0 unspecified atom stereocenters. The number of urea groups is 1. The minimum atomic E-state index is -0.419. The molecular weight excluding hydrogens is 325 g/mol. The molecule has 3 amide bonds. The van der Waals surface area contributed by atoms with Crippen molar-refractivity contribution in [2.75, 3.05) is 20.1 Å². The van der Waals surface area contributed by atoms with Crippen molar-refractivity contribution < 1.29 is 14.0 Å². The molecular formula is C17H22FN5O2. The largest absolute Gasteiger partial charge is 0.350 e. The number of halogens is 1. The minimum Gasteiger partial charge on any atom is -0.350 e. The van der Waals surface area contributed by atoms with Crippen molar-refractivity contribution in [3.63, 3.8) is 0 Å². The molecule has 1 aromatic heterocycles. The molecule has 0 aliphatic carbocycles. The zero-order valence-corrected chi connectivity index (χ0v) is 14.5. The Morgan fingerprint density at radius 2 is 2.00 bits per heavy atom. The Morgan fingerprint density at radius 3 is 2.64 bits per heavy atom. The van der Waals surface area contributed by atoms with Gasteiger partial charge in [0.1, 0.15) is 5.82 Å². The second-order valence-corrected chi connectivity index (χ2v) is 5.83. The molecule has 0 aliphatic heterocycles. The highest BCUT2D eigenvalue weighted by Gasteiger charge is 2.10. The quantitative estimate of drug-likeness (QED) is 0.776. The number of benzene rings is 1. The zero-order valence-electron chi connectivity index (χ0n) is 14.5. The van der Waals surface area contributed by atoms with Crippen LogP contribution in [0.25, 0.3) is 0 Å². The van der Waals surface area contributed by atoms with Gasteiger partial charge < -0.3 is 15.5 Å². The van der Waals surface area contributed by atoms with Crippen molar-refractivity contribution in [3.8, 4) is 0 Å². The molecule has 134 valence electrons. The molecule has 0 radical (unpaired) electrons. The average molecular weight is 347 g/mol. The lowest BCUT2D eigenvalue weighted by atomic mass is 10.1. The number of carbonyl (C=O) groups excluding carboxylic acids is 2. The molecule has 1 heterocycles. The maximum Gasteiger partial charge on any atom is 0.317 e. The lowest BCUT2D eigenvalue weighted by Gasteiger charge is -2.17. The van der Waals surface area contributed by atoms with Crippen LogP contribution < -0.4 is 10.6 Å². The zero-order chi connectivity index (χ0) is 18.4. The fraction of sp³-hybridized carbons (Fsp3) is 0.353. The number of hydrogen-bond acceptors (Lipinski definition) is 3. The van der Waals surface area contributed by atoms with Crippen molar-refractivity contribution in [1.82, 2.24) is 25.3 Å². The van der Waals surface area contributed by atoms with Crippen LogP contribution >= 0.6 is 0 Å². The first-order valence-electron chi connectivity index (χ1n) is 7.87. The van der Waals surface area contributed by atoms with Crippen LogP contribution in [0.1, 0.15) is 21.5 Å². The van der Waals surface area contributed by atoms with E-state index in [2.05, 4.69) is 15.7 Å². The van der Waals surface area contributed by atoms with Crippen LogP contribution in [-0.2, 0) is 13.6 Å². The Bertz CT molecular complexity index is 759. The van der Waals surface area contributed by atoms with E-state index in [0.29, 0.717) is 12.1 Å². The number of amides is 3. The highest BCUT2D eigenvalue weighted by molar-refractivity contribution is 5.94. The molecule has 0 saturated heterocycles. The summed E-state index contributed by atoms with van der Waals surface area (Å²) in [6.45, 7) is 2.60. The highest BCUT2D eigenvalue weighted by atomic mass is 19.1. The van der Waals surface area contributed by atoms with Crippen LogP contribution in [-0.4, -0.2) is 46.8 Å². The summed E-state index contributed by atoms with van der Waals surface area (Å²) in [5.74, 6) is -0.796. The van der Waals surface area contributed by atoms with E-state index in [9.17, 15) is 14.0 Å². The fourth-order valence-electron chi connectivity index (χ4n) is 2.22. The van der Waals surface area contributed by atoms with Gasteiger partial charge in [-0.05, 0) is 24.6 Å². The Morgan fingerprint density at radius 1 is 1.28 bits per heavy atom. The number of carbonyl (C=O) groups is 2. The third-order valence-electron chi connectivity index (χ3n) is 3.65. The van der Waals surface area contributed by atoms with E-state index in [1.165, 1.54) is 11.0 Å². The summed E-state index contributed by atoms with van der Waals surface area (Å²) >= 11 is 0. The Balaban J connectivity index is 1.71. The normalized spacial score (nSPS) is 10.4. The van der Waals surface area contributed by atoms with Gasteiger partial charge in [0.05, 0.1) is 12.7 Å². The number of aryl methyl sites for hydroxylation is 2. The third-order valence-corrected chi connectivity index (χ3v) is 3.65. The van der Waals surface area contributed by atoms with E-state index in [0.717, 1.165) is 5.56 Å². The number of aromatic nitrogens is 2. The second kappa shape index (κ2) is 8.27. The first kappa shape index (κ1) is 18.4. The van der Waals surface area contributed by atoms with Crippen LogP contribution in [0.4, 0.5) is 9.18 Å². The van der Waals surface area contributed by atoms with Gasteiger partial charge in [0.15, 0.2) is 0 Å². The average Bonchev–Trinajstić information content (AvgIpc) is 2.98. The summed E-state index contributed by atoms with van der Waals surface area (Å²) in [4.78, 5) is 25.4. The molecule has 2 N–H and O–H groups in total. The van der Waals surface area contributed by atoms with E-state index in [1.807, 2.05) is 13.2 Å². The third kappa shape index (κ3) is 5.30. The fourth-order valence-corrected chi connectivity index (χ4v) is 2.22. The van der Waals surface area contributed by atoms with Gasteiger partial charge >= 0.3 is 6.03 Å². The monoisotopic (exact) mass is 347 g/mol. The molecule has 0 atom stereocenters. The molecule has 0 saturated carbocycles. The van der Waals surface area contributed by atoms with Gasteiger partial charge in [-0.1, -0.05) is 6.07 Å². The van der Waals surface area contributed by atoms with Crippen LogP contribution in [0.5, 0.6) is 0 Å². The van der Waals surface area contributed by atoms with E-state index >= 15 is 0 Å². The topological polar surface area (TPSA) is 79.3 Å². The summed E-state index contributed by atoms with van der Waals surface area (Å²) in [6.07, 6.45) is 3.54. The van der Waals surface area contributed by atoms with Gasteiger partial charge in [-0.15, -0.1) is 0 Å². The van der Waals surface area contributed by atoms with E-state index in [-0.39, 0.29) is 30.6 Å². The molecule has 7 nitrogen and oxygen atoms in total. The first-order chi connectivity index (χ1) is 11.9. The smallest absolute Gasteiger partial charge is 0.317 e. The van der Waals surface area contributed by atoms with Crippen molar-refractivity contribution in [2.24, 2.45) is 7.05 Å². The molecule has 0 bridgehead atoms. The predicted molar refractivity (Wildman–Crippen MR) is 91.5 cm³/mol. The van der Waals surface area contributed by atoms with E-state index in [1.54, 1.807) is 37.0 Å². The van der Waals surface area contributed by atoms with Gasteiger partial charge in [0.2, 0.25) is 0 Å². The first-order valence-corrected chi connectivity index (χ1v) is 7.87. The molecule has 0 fully saturated rings. The molecule has 1 aromatic carbocycles. The van der Waals surface area contributed by atoms with Crippen molar-refractivity contribution >= 4 is 11.9 Å². The molecule has 2 rings (SSSR count). The molecule has 8 heteroatoms. The van der Waals surface area contributed by atoms with E-state index in [4.69, 9.17) is 0 Å². The van der Waals surface area contributed by atoms with Crippen molar-refractivity contribution in [2.45, 2.75) is 13.5 Å². The molecule has 0 aliphatic rings. The van der Waals surface area contributed by atoms with E-state index < -0.39 is 5.82 Å². The lowest BCUT2D eigenvalue weighted by Crippen LogP contribution is -2.41. The number of hydrogen-bond donors (Lipinski definition) is 2. The number of nitrogens with one attached hydrogen (secondary N) is 2. The van der Waals surface area contributed by atoms with Crippen LogP contribution in [0.2, 0.25) is 0 Å². The predicted octanol–water partition coefficient (Wildman–Crippen LogP) is 1.44. The highest BCUT2D eigenvalue weighted by Crippen LogP contribution is 2.08. The summed E-state index contributed by atoms with van der Waals surface area (Å²) in [6, 6.07) is 4.07. The summed E-state index contributed by atoms with van der Waals surface area (Å²) in [5, 5.41) is 9.40. The van der Waals surface area contributed by atoms with Gasteiger partial charge in [-0.25, -0.2) is 9.18 Å². The Labute approximate surface area is 145 Å². The summed E-state index contributed by atoms with van der Waals surface area (Å²) in [7, 11) is 3.49. The van der Waals surface area contributed by atoms with Gasteiger partial charge in [-0.3, -0.25) is 9.48 Å². The van der Waals surface area contributed by atoms with Crippen molar-refractivity contribution in [3.05, 3.63) is 53.1 Å². The molecule has 2 aromatic rings. The SMILES string of the molecule is Cc1ccc(C(=O)NCCNC(=O)N(C)Cc2cnn(C)c2)cc1F. The van der Waals surface area contributed by atoms with Gasteiger partial charge in [0.25, 0.3) is 5.91 Å². The second-order valence-electron chi connectivity index (χ2n) is 5.83. The number of rotatable bonds is 6. The summed E-state index contributed by atoms with van der Waals surface area (Å²) < 4.78 is 15.1. The molecule has 0 spiro atoms. The Kier molecular flexibility index (Phi) is 6.10. The maximum atomic E-state index is 13.5. The Hall–Kier alpha value is -2.90. The van der Waals surface area contributed by atoms with Crippen LogP contribution in [0.3, 0.4) is 0 Å². The van der Waals surface area contributed by atoms with Crippen molar-refractivity contribution in [1.29, 1.82) is 0 Å². The molecule has 25 heavy (non-hydrogen) atoms. The summed E-state index contributed by atoms with van der Waals surface area (Å²) in [5.41, 5.74) is 1.67. The van der Waals surface area contributed by atoms with Crippen LogP contribution in [0.15, 0.2) is 30.6 Å². The number of nitrogens with zero attached hydrogens (tertiary/aromatic N) is 3. The van der Waals surface area contributed by atoms with Gasteiger partial charge in [0, 0.05) is 44.5 Å². The van der Waals surface area contributed by atoms with Crippen LogP contribution in [0, 0.1) is 12.7 Å². The van der Waals surface area contributed by atoms with Gasteiger partial charge in [-0.2, -0.15) is 5.10 Å². The lowest BCUT2D eigenvalue weighted by molar-refractivity contribution is 0.0953. The minimum absolute atomic E-state index is 0.250. The standard InChI is InChI=1S/C17H22FN5O2/c1-12-4-5-14(8-15(12)18)16(24)19-6-7-20-17(25)22(2)10-13-9-21-23(3)11-13/h4-5,8-9,11H,6-7,10H2,1-3H3,(H,19,24)(H,20,25). The maximum absolute atomic E-state index is 13.5.